The van der Waals surface area contributed by atoms with Gasteiger partial charge >= 0.3 is 0 Å². The summed E-state index contributed by atoms with van der Waals surface area (Å²) in [6.45, 7) is 2.82. The highest BCUT2D eigenvalue weighted by molar-refractivity contribution is 5.43. The molecule has 1 N–H and O–H groups in total. The molecule has 5 heteroatoms. The zero-order valence-electron chi connectivity index (χ0n) is 17.5. The minimum absolute atomic E-state index is 0.0382. The van der Waals surface area contributed by atoms with Crippen LogP contribution in [0.15, 0.2) is 66.7 Å². The van der Waals surface area contributed by atoms with Crippen LogP contribution in [-0.2, 0) is 0 Å². The highest BCUT2D eigenvalue weighted by Gasteiger charge is 2.16. The molecule has 0 fully saturated rings. The topological polar surface area (TPSA) is 30.5 Å². The average molecular weight is 411 g/mol. The summed E-state index contributed by atoms with van der Waals surface area (Å²) in [5, 5.41) is 3.54. The quantitative estimate of drug-likeness (QED) is 0.479. The Morgan fingerprint density at radius 3 is 1.73 bits per heavy atom. The molecule has 1 atom stereocenters. The van der Waals surface area contributed by atoms with E-state index in [2.05, 4.69) is 12.2 Å². The van der Waals surface area contributed by atoms with E-state index < -0.39 is 0 Å². The van der Waals surface area contributed by atoms with Crippen LogP contribution in [0.25, 0.3) is 0 Å². The van der Waals surface area contributed by atoms with Crippen molar-refractivity contribution >= 4 is 0 Å². The first-order chi connectivity index (χ1) is 14.5. The average Bonchev–Trinajstić information content (AvgIpc) is 2.77. The Bertz CT molecular complexity index is 897. The summed E-state index contributed by atoms with van der Waals surface area (Å²) in [7, 11) is 3.24. The van der Waals surface area contributed by atoms with E-state index in [0.717, 1.165) is 29.7 Å². The van der Waals surface area contributed by atoms with E-state index in [1.54, 1.807) is 38.5 Å². The second kappa shape index (κ2) is 10.2. The van der Waals surface area contributed by atoms with Gasteiger partial charge in [-0.05, 0) is 73.0 Å². The first kappa shape index (κ1) is 21.8. The number of halogens is 2. The number of benzene rings is 3. The summed E-state index contributed by atoms with van der Waals surface area (Å²) in [5.74, 6) is 0.894. The van der Waals surface area contributed by atoms with Gasteiger partial charge in [0.05, 0.1) is 14.2 Å². The molecule has 0 amide bonds. The summed E-state index contributed by atoms with van der Waals surface area (Å²) in [5.41, 5.74) is 3.10. The van der Waals surface area contributed by atoms with Crippen LogP contribution >= 0.6 is 0 Å². The number of ether oxygens (including phenoxy) is 2. The van der Waals surface area contributed by atoms with Crippen LogP contribution in [0, 0.1) is 11.6 Å². The lowest BCUT2D eigenvalue weighted by Gasteiger charge is -2.21. The molecule has 1 unspecified atom stereocenters. The van der Waals surface area contributed by atoms with Gasteiger partial charge in [-0.25, -0.2) is 8.78 Å². The van der Waals surface area contributed by atoms with Gasteiger partial charge in [0, 0.05) is 12.0 Å². The highest BCUT2D eigenvalue weighted by Crippen LogP contribution is 2.31. The summed E-state index contributed by atoms with van der Waals surface area (Å²) < 4.78 is 37.5. The highest BCUT2D eigenvalue weighted by atomic mass is 19.1. The Hall–Kier alpha value is -2.92. The van der Waals surface area contributed by atoms with Gasteiger partial charge < -0.3 is 14.8 Å². The van der Waals surface area contributed by atoms with Gasteiger partial charge in [-0.2, -0.15) is 0 Å². The predicted molar refractivity (Wildman–Crippen MR) is 115 cm³/mol. The van der Waals surface area contributed by atoms with Crippen molar-refractivity contribution in [2.75, 3.05) is 20.8 Å². The summed E-state index contributed by atoms with van der Waals surface area (Å²) in [6.07, 6.45) is 0.787. The SMILES string of the molecule is COc1ccc(C(C)NCCC(c2ccc(F)cc2)c2ccc(F)cc2)cc1OC. The van der Waals surface area contributed by atoms with Crippen LogP contribution in [0.2, 0.25) is 0 Å². The molecule has 0 saturated carbocycles. The molecule has 0 bridgehead atoms. The molecule has 0 aromatic heterocycles. The Labute approximate surface area is 176 Å². The molecule has 158 valence electrons. The maximum absolute atomic E-state index is 13.4. The van der Waals surface area contributed by atoms with Gasteiger partial charge in [0.25, 0.3) is 0 Å². The molecule has 0 spiro atoms. The fraction of sp³-hybridized carbons (Fsp3) is 0.280. The Kier molecular flexibility index (Phi) is 7.41. The summed E-state index contributed by atoms with van der Waals surface area (Å²) in [4.78, 5) is 0. The number of methoxy groups -OCH3 is 2. The van der Waals surface area contributed by atoms with Gasteiger partial charge in [0.15, 0.2) is 11.5 Å². The Morgan fingerprint density at radius 2 is 1.23 bits per heavy atom. The second-order valence-electron chi connectivity index (χ2n) is 7.23. The molecular weight excluding hydrogens is 384 g/mol. The van der Waals surface area contributed by atoms with E-state index in [1.807, 2.05) is 18.2 Å². The summed E-state index contributed by atoms with van der Waals surface area (Å²) in [6, 6.07) is 19.0. The van der Waals surface area contributed by atoms with Gasteiger partial charge in [0.2, 0.25) is 0 Å². The van der Waals surface area contributed by atoms with Crippen molar-refractivity contribution in [1.29, 1.82) is 0 Å². The number of rotatable bonds is 9. The van der Waals surface area contributed by atoms with Crippen LogP contribution in [0.4, 0.5) is 8.78 Å². The first-order valence-corrected chi connectivity index (χ1v) is 9.98. The number of hydrogen-bond donors (Lipinski definition) is 1. The molecule has 0 heterocycles. The fourth-order valence-corrected chi connectivity index (χ4v) is 3.60. The van der Waals surface area contributed by atoms with Crippen molar-refractivity contribution in [3.63, 3.8) is 0 Å². The van der Waals surface area contributed by atoms with E-state index in [0.29, 0.717) is 11.5 Å². The normalized spacial score (nSPS) is 12.1. The molecule has 0 aliphatic heterocycles. The van der Waals surface area contributed by atoms with E-state index in [9.17, 15) is 8.78 Å². The van der Waals surface area contributed by atoms with Crippen molar-refractivity contribution in [3.8, 4) is 11.5 Å². The molecule has 0 aliphatic rings. The van der Waals surface area contributed by atoms with Crippen molar-refractivity contribution in [2.45, 2.75) is 25.3 Å². The second-order valence-corrected chi connectivity index (χ2v) is 7.23. The van der Waals surface area contributed by atoms with Gasteiger partial charge in [-0.3, -0.25) is 0 Å². The number of nitrogens with one attached hydrogen (secondary N) is 1. The lowest BCUT2D eigenvalue weighted by molar-refractivity contribution is 0.354. The van der Waals surface area contributed by atoms with Gasteiger partial charge in [0.1, 0.15) is 11.6 Å². The van der Waals surface area contributed by atoms with Crippen LogP contribution in [0.3, 0.4) is 0 Å². The third-order valence-electron chi connectivity index (χ3n) is 5.34. The Morgan fingerprint density at radius 1 is 0.733 bits per heavy atom. The largest absolute Gasteiger partial charge is 0.493 e. The molecule has 3 aromatic rings. The summed E-state index contributed by atoms with van der Waals surface area (Å²) >= 11 is 0. The lowest BCUT2D eigenvalue weighted by atomic mass is 9.88. The zero-order chi connectivity index (χ0) is 21.5. The predicted octanol–water partition coefficient (Wildman–Crippen LogP) is 5.85. The molecule has 3 rings (SSSR count). The molecule has 0 saturated heterocycles. The van der Waals surface area contributed by atoms with Gasteiger partial charge in [-0.1, -0.05) is 30.3 Å². The minimum atomic E-state index is -0.267. The number of hydrogen-bond acceptors (Lipinski definition) is 3. The third kappa shape index (κ3) is 5.36. The lowest BCUT2D eigenvalue weighted by Crippen LogP contribution is -2.22. The van der Waals surface area contributed by atoms with Crippen LogP contribution in [0.5, 0.6) is 11.5 Å². The van der Waals surface area contributed by atoms with Crippen LogP contribution in [0.1, 0.15) is 42.0 Å². The standard InChI is InChI=1S/C25H27F2NO2/c1-17(20-8-13-24(29-2)25(16-20)30-3)28-15-14-23(18-4-9-21(26)10-5-18)19-6-11-22(27)12-7-19/h4-13,16-17,23,28H,14-15H2,1-3H3. The first-order valence-electron chi connectivity index (χ1n) is 9.98. The van der Waals surface area contributed by atoms with Crippen LogP contribution in [-0.4, -0.2) is 20.8 Å². The fourth-order valence-electron chi connectivity index (χ4n) is 3.60. The van der Waals surface area contributed by atoms with E-state index in [-0.39, 0.29) is 23.6 Å². The Balaban J connectivity index is 1.71. The third-order valence-corrected chi connectivity index (χ3v) is 5.34. The molecule has 3 nitrogen and oxygen atoms in total. The van der Waals surface area contributed by atoms with Crippen LogP contribution < -0.4 is 14.8 Å². The van der Waals surface area contributed by atoms with Crippen molar-refractivity contribution < 1.29 is 18.3 Å². The van der Waals surface area contributed by atoms with Crippen molar-refractivity contribution in [3.05, 3.63) is 95.1 Å². The zero-order valence-corrected chi connectivity index (χ0v) is 17.5. The maximum Gasteiger partial charge on any atom is 0.161 e. The monoisotopic (exact) mass is 411 g/mol. The molecule has 30 heavy (non-hydrogen) atoms. The van der Waals surface area contributed by atoms with E-state index in [4.69, 9.17) is 9.47 Å². The van der Waals surface area contributed by atoms with E-state index >= 15 is 0 Å². The van der Waals surface area contributed by atoms with Gasteiger partial charge in [-0.15, -0.1) is 0 Å². The minimum Gasteiger partial charge on any atom is -0.493 e. The van der Waals surface area contributed by atoms with Crippen molar-refractivity contribution in [2.24, 2.45) is 0 Å². The maximum atomic E-state index is 13.4. The molecular formula is C25H27F2NO2. The molecule has 3 aromatic carbocycles. The molecule has 0 aliphatic carbocycles. The van der Waals surface area contributed by atoms with E-state index in [1.165, 1.54) is 24.3 Å². The molecule has 0 radical (unpaired) electrons. The smallest absolute Gasteiger partial charge is 0.161 e. The van der Waals surface area contributed by atoms with Crippen molar-refractivity contribution in [1.82, 2.24) is 5.32 Å².